The Bertz CT molecular complexity index is 717. The van der Waals surface area contributed by atoms with Crippen LogP contribution in [0.3, 0.4) is 0 Å². The molecular weight excluding hydrogens is 316 g/mol. The summed E-state index contributed by atoms with van der Waals surface area (Å²) in [4.78, 5) is 12.1. The molecule has 0 aromatic carbocycles. The van der Waals surface area contributed by atoms with Crippen LogP contribution in [0.15, 0.2) is 48.0 Å². The standard InChI is InChI=1S/C15H18N4O3S/c20-23(21,14-2-1-7-16-10-14)19-12-3-5-13(6-4-12)22-15-11-17-8-9-18-15/h1-2,7-13,19H,3-6H2. The summed E-state index contributed by atoms with van der Waals surface area (Å²) in [6.07, 6.45) is 10.7. The van der Waals surface area contributed by atoms with Gasteiger partial charge in [0.2, 0.25) is 15.9 Å². The molecule has 122 valence electrons. The molecule has 0 spiro atoms. The van der Waals surface area contributed by atoms with Crippen molar-refractivity contribution in [1.29, 1.82) is 0 Å². The highest BCUT2D eigenvalue weighted by Gasteiger charge is 2.26. The lowest BCUT2D eigenvalue weighted by Crippen LogP contribution is -2.39. The Labute approximate surface area is 135 Å². The second kappa shape index (κ2) is 7.01. The number of sulfonamides is 1. The largest absolute Gasteiger partial charge is 0.473 e. The number of hydrogen-bond donors (Lipinski definition) is 1. The van der Waals surface area contributed by atoms with Crippen LogP contribution < -0.4 is 9.46 Å². The summed E-state index contributed by atoms with van der Waals surface area (Å²) in [5.74, 6) is 0.506. The van der Waals surface area contributed by atoms with Gasteiger partial charge in [-0.05, 0) is 37.8 Å². The molecule has 23 heavy (non-hydrogen) atoms. The predicted molar refractivity (Wildman–Crippen MR) is 83.3 cm³/mol. The van der Waals surface area contributed by atoms with Crippen LogP contribution in [0.1, 0.15) is 25.7 Å². The van der Waals surface area contributed by atoms with Gasteiger partial charge < -0.3 is 4.74 Å². The molecule has 1 saturated carbocycles. The van der Waals surface area contributed by atoms with E-state index in [2.05, 4.69) is 19.7 Å². The first-order chi connectivity index (χ1) is 11.1. The van der Waals surface area contributed by atoms with Gasteiger partial charge in [0.1, 0.15) is 11.0 Å². The van der Waals surface area contributed by atoms with Crippen LogP contribution in [-0.4, -0.2) is 35.5 Å². The molecule has 1 aliphatic rings. The topological polar surface area (TPSA) is 94.1 Å². The molecule has 0 unspecified atom stereocenters. The van der Waals surface area contributed by atoms with Crippen LogP contribution in [0.2, 0.25) is 0 Å². The van der Waals surface area contributed by atoms with Crippen molar-refractivity contribution < 1.29 is 13.2 Å². The Morgan fingerprint density at radius 1 is 1.04 bits per heavy atom. The van der Waals surface area contributed by atoms with Gasteiger partial charge >= 0.3 is 0 Å². The fourth-order valence-corrected chi connectivity index (χ4v) is 3.88. The van der Waals surface area contributed by atoms with E-state index in [0.29, 0.717) is 5.88 Å². The fourth-order valence-electron chi connectivity index (χ4n) is 2.61. The van der Waals surface area contributed by atoms with Gasteiger partial charge in [0.15, 0.2) is 0 Å². The lowest BCUT2D eigenvalue weighted by atomic mass is 9.94. The third-order valence-electron chi connectivity index (χ3n) is 3.77. The van der Waals surface area contributed by atoms with Crippen LogP contribution in [-0.2, 0) is 10.0 Å². The zero-order valence-corrected chi connectivity index (χ0v) is 13.3. The van der Waals surface area contributed by atoms with Crippen LogP contribution in [0.25, 0.3) is 0 Å². The van der Waals surface area contributed by atoms with E-state index in [1.165, 1.54) is 12.3 Å². The highest BCUT2D eigenvalue weighted by Crippen LogP contribution is 2.23. The molecule has 1 aliphatic carbocycles. The van der Waals surface area contributed by atoms with Gasteiger partial charge in [-0.3, -0.25) is 9.97 Å². The zero-order chi connectivity index (χ0) is 16.1. The summed E-state index contributed by atoms with van der Waals surface area (Å²) in [6.45, 7) is 0. The molecule has 0 bridgehead atoms. The molecular formula is C15H18N4O3S. The number of ether oxygens (including phenoxy) is 1. The molecule has 1 fully saturated rings. The fraction of sp³-hybridized carbons (Fsp3) is 0.400. The Kier molecular flexibility index (Phi) is 4.82. The van der Waals surface area contributed by atoms with Gasteiger partial charge in [0.25, 0.3) is 0 Å². The Balaban J connectivity index is 1.53. The Hall–Kier alpha value is -2.06. The number of rotatable bonds is 5. The normalized spacial score (nSPS) is 21.7. The van der Waals surface area contributed by atoms with Crippen molar-refractivity contribution >= 4 is 10.0 Å². The lowest BCUT2D eigenvalue weighted by molar-refractivity contribution is 0.138. The van der Waals surface area contributed by atoms with Gasteiger partial charge in [0, 0.05) is 30.8 Å². The van der Waals surface area contributed by atoms with E-state index in [0.717, 1.165) is 25.7 Å². The average Bonchev–Trinajstić information content (AvgIpc) is 2.58. The minimum absolute atomic E-state index is 0.0471. The smallest absolute Gasteiger partial charge is 0.242 e. The SMILES string of the molecule is O=S(=O)(NC1CCC(Oc2cnccn2)CC1)c1cccnc1. The van der Waals surface area contributed by atoms with Crippen LogP contribution in [0, 0.1) is 0 Å². The van der Waals surface area contributed by atoms with Crippen molar-refractivity contribution in [2.75, 3.05) is 0 Å². The highest BCUT2D eigenvalue weighted by molar-refractivity contribution is 7.89. The lowest BCUT2D eigenvalue weighted by Gasteiger charge is -2.28. The maximum Gasteiger partial charge on any atom is 0.242 e. The molecule has 0 amide bonds. The summed E-state index contributed by atoms with van der Waals surface area (Å²) >= 11 is 0. The van der Waals surface area contributed by atoms with Gasteiger partial charge in [0.05, 0.1) is 6.20 Å². The number of nitrogens with one attached hydrogen (secondary N) is 1. The van der Waals surface area contributed by atoms with Crippen molar-refractivity contribution in [3.63, 3.8) is 0 Å². The van der Waals surface area contributed by atoms with Crippen molar-refractivity contribution in [3.8, 4) is 5.88 Å². The van der Waals surface area contributed by atoms with E-state index in [9.17, 15) is 8.42 Å². The molecule has 0 saturated heterocycles. The van der Waals surface area contributed by atoms with Crippen molar-refractivity contribution in [2.45, 2.75) is 42.7 Å². The van der Waals surface area contributed by atoms with Gasteiger partial charge in [-0.15, -0.1) is 0 Å². The predicted octanol–water partition coefficient (Wildman–Crippen LogP) is 1.54. The number of hydrogen-bond acceptors (Lipinski definition) is 6. The molecule has 0 aliphatic heterocycles. The molecule has 8 heteroatoms. The maximum absolute atomic E-state index is 12.3. The minimum atomic E-state index is -3.51. The summed E-state index contributed by atoms with van der Waals surface area (Å²) in [7, 11) is -3.51. The maximum atomic E-state index is 12.3. The quantitative estimate of drug-likeness (QED) is 0.891. The van der Waals surface area contributed by atoms with Crippen LogP contribution in [0.4, 0.5) is 0 Å². The third kappa shape index (κ3) is 4.23. The third-order valence-corrected chi connectivity index (χ3v) is 5.27. The molecule has 2 heterocycles. The Morgan fingerprint density at radius 2 is 1.83 bits per heavy atom. The molecule has 2 aromatic rings. The highest BCUT2D eigenvalue weighted by atomic mass is 32.2. The second-order valence-corrected chi connectivity index (χ2v) is 7.16. The van der Waals surface area contributed by atoms with Gasteiger partial charge in [-0.25, -0.2) is 18.1 Å². The van der Waals surface area contributed by atoms with E-state index >= 15 is 0 Å². The molecule has 3 rings (SSSR count). The summed E-state index contributed by atoms with van der Waals surface area (Å²) in [5.41, 5.74) is 0. The zero-order valence-electron chi connectivity index (χ0n) is 12.5. The summed E-state index contributed by atoms with van der Waals surface area (Å²) < 4.78 is 33.0. The van der Waals surface area contributed by atoms with Crippen molar-refractivity contribution in [3.05, 3.63) is 43.1 Å². The molecule has 0 atom stereocenters. The van der Waals surface area contributed by atoms with Gasteiger partial charge in [-0.1, -0.05) is 0 Å². The monoisotopic (exact) mass is 334 g/mol. The summed E-state index contributed by atoms with van der Waals surface area (Å²) in [5, 5.41) is 0. The van der Waals surface area contributed by atoms with E-state index in [1.807, 2.05) is 0 Å². The van der Waals surface area contributed by atoms with E-state index in [1.54, 1.807) is 30.9 Å². The van der Waals surface area contributed by atoms with Crippen molar-refractivity contribution in [2.24, 2.45) is 0 Å². The van der Waals surface area contributed by atoms with Gasteiger partial charge in [-0.2, -0.15) is 0 Å². The first kappa shape index (κ1) is 15.8. The average molecular weight is 334 g/mol. The number of nitrogens with zero attached hydrogens (tertiary/aromatic N) is 3. The molecule has 2 aromatic heterocycles. The number of pyridine rings is 1. The van der Waals surface area contributed by atoms with Crippen LogP contribution in [0.5, 0.6) is 5.88 Å². The first-order valence-corrected chi connectivity index (χ1v) is 8.97. The summed E-state index contributed by atoms with van der Waals surface area (Å²) in [6, 6.07) is 3.07. The first-order valence-electron chi connectivity index (χ1n) is 7.48. The molecule has 0 radical (unpaired) electrons. The Morgan fingerprint density at radius 3 is 2.48 bits per heavy atom. The number of aromatic nitrogens is 3. The van der Waals surface area contributed by atoms with E-state index in [-0.39, 0.29) is 17.0 Å². The minimum Gasteiger partial charge on any atom is -0.473 e. The van der Waals surface area contributed by atoms with Crippen LogP contribution >= 0.6 is 0 Å². The van der Waals surface area contributed by atoms with E-state index in [4.69, 9.17) is 4.74 Å². The molecule has 7 nitrogen and oxygen atoms in total. The van der Waals surface area contributed by atoms with E-state index < -0.39 is 10.0 Å². The molecule has 1 N–H and O–H groups in total. The van der Waals surface area contributed by atoms with Crippen molar-refractivity contribution in [1.82, 2.24) is 19.7 Å². The second-order valence-electron chi connectivity index (χ2n) is 5.45.